The van der Waals surface area contributed by atoms with E-state index in [4.69, 9.17) is 11.6 Å². The molecule has 0 aromatic heterocycles. The number of allylic oxidation sites excluding steroid dienone is 10. The van der Waals surface area contributed by atoms with Crippen LogP contribution in [0.25, 0.3) is 0 Å². The topological polar surface area (TPSA) is 67.3 Å². The average molecular weight is 341 g/mol. The fourth-order valence-corrected chi connectivity index (χ4v) is 2.85. The van der Waals surface area contributed by atoms with Crippen LogP contribution in [0.3, 0.4) is 0 Å². The van der Waals surface area contributed by atoms with Crippen LogP contribution in [-0.2, 0) is 0 Å². The summed E-state index contributed by atoms with van der Waals surface area (Å²) in [5, 5.41) is 4.90. The minimum absolute atomic E-state index is 0.720. The first-order valence-corrected chi connectivity index (χ1v) is 8.73. The number of nitrogens with two attached hydrogens (primary N) is 2. The molecule has 0 saturated heterocycles. The van der Waals surface area contributed by atoms with E-state index < -0.39 is 0 Å². The Bertz CT molecular complexity index is 628. The minimum Gasteiger partial charge on any atom is -0.397 e. The van der Waals surface area contributed by atoms with Crippen molar-refractivity contribution in [2.24, 2.45) is 11.6 Å². The van der Waals surface area contributed by atoms with Crippen LogP contribution in [0, 0.1) is 0 Å². The monoisotopic (exact) mass is 340 g/mol. The summed E-state index contributed by atoms with van der Waals surface area (Å²) in [6, 6.07) is 0. The van der Waals surface area contributed by atoms with Crippen molar-refractivity contribution in [1.29, 1.82) is 0 Å². The van der Waals surface area contributed by atoms with E-state index in [0.717, 1.165) is 53.9 Å². The van der Waals surface area contributed by atoms with Crippen molar-refractivity contribution in [3.8, 4) is 0 Å². The van der Waals surface area contributed by atoms with Crippen LogP contribution >= 0.6 is 0 Å². The Morgan fingerprint density at radius 2 is 2.12 bits per heavy atom. The summed E-state index contributed by atoms with van der Waals surface area (Å²) < 4.78 is 0. The van der Waals surface area contributed by atoms with Gasteiger partial charge < -0.3 is 16.1 Å². The molecule has 0 spiro atoms. The highest BCUT2D eigenvalue weighted by atomic mass is 15.4. The number of nitrogens with one attached hydrogen (secondary N) is 1. The quantitative estimate of drug-likeness (QED) is 0.272. The second-order valence-electron chi connectivity index (χ2n) is 5.83. The Kier molecular flexibility index (Phi) is 9.19. The molecule has 0 amide bonds. The summed E-state index contributed by atoms with van der Waals surface area (Å²) >= 11 is 0. The van der Waals surface area contributed by atoms with Crippen LogP contribution in [0.4, 0.5) is 0 Å². The molecule has 0 aliphatic heterocycles. The molecule has 0 aromatic rings. The third kappa shape index (κ3) is 6.16. The molecular weight excluding hydrogens is 308 g/mol. The largest absolute Gasteiger partial charge is 0.397 e. The van der Waals surface area contributed by atoms with Gasteiger partial charge in [0, 0.05) is 26.2 Å². The molecule has 0 radical (unpaired) electrons. The van der Waals surface area contributed by atoms with E-state index in [1.54, 1.807) is 11.1 Å². The van der Waals surface area contributed by atoms with Crippen LogP contribution in [0.5, 0.6) is 0 Å². The molecule has 136 valence electrons. The van der Waals surface area contributed by atoms with E-state index in [1.165, 1.54) is 0 Å². The maximum absolute atomic E-state index is 6.60. The number of hydrogen-bond acceptors (Lipinski definition) is 4. The predicted octanol–water partition coefficient (Wildman–Crippen LogP) is 3.81. The van der Waals surface area contributed by atoms with Crippen LogP contribution in [0.1, 0.15) is 32.6 Å². The molecule has 0 unspecified atom stereocenters. The van der Waals surface area contributed by atoms with E-state index in [-0.39, 0.29) is 0 Å². The molecule has 0 bridgehead atoms. The highest BCUT2D eigenvalue weighted by Crippen LogP contribution is 2.26. The molecule has 5 N–H and O–H groups in total. The number of hydrogen-bond donors (Lipinski definition) is 3. The van der Waals surface area contributed by atoms with Gasteiger partial charge in [-0.2, -0.15) is 0 Å². The lowest BCUT2D eigenvalue weighted by atomic mass is 9.97. The fraction of sp³-hybridized carbons (Fsp3) is 0.333. The molecule has 1 rings (SSSR count). The Hall–Kier alpha value is -2.46. The van der Waals surface area contributed by atoms with Gasteiger partial charge in [0.25, 0.3) is 0 Å². The Morgan fingerprint density at radius 1 is 1.36 bits per heavy atom. The number of likely N-dealkylation sites (N-methyl/N-ethyl adjacent to an activating group) is 1. The SMILES string of the molecule is C=C/C=C\C/C(NC)=C(CC)/C(N)=C(\C1=CC=CC/C=C\C1)N(C)N. The van der Waals surface area contributed by atoms with Crippen LogP contribution < -0.4 is 16.9 Å². The van der Waals surface area contributed by atoms with Gasteiger partial charge in [-0.25, -0.2) is 5.84 Å². The zero-order valence-corrected chi connectivity index (χ0v) is 15.8. The summed E-state index contributed by atoms with van der Waals surface area (Å²) in [5.74, 6) is 6.15. The normalized spacial score (nSPS) is 17.8. The van der Waals surface area contributed by atoms with E-state index >= 15 is 0 Å². The van der Waals surface area contributed by atoms with Crippen LogP contribution in [0.2, 0.25) is 0 Å². The summed E-state index contributed by atoms with van der Waals surface area (Å²) in [7, 11) is 3.76. The minimum atomic E-state index is 0.720. The highest BCUT2D eigenvalue weighted by molar-refractivity contribution is 5.46. The number of rotatable bonds is 8. The van der Waals surface area contributed by atoms with E-state index in [2.05, 4.69) is 55.3 Å². The highest BCUT2D eigenvalue weighted by Gasteiger charge is 2.16. The molecule has 25 heavy (non-hydrogen) atoms. The maximum atomic E-state index is 6.60. The summed E-state index contributed by atoms with van der Waals surface area (Å²) in [4.78, 5) is 0. The second kappa shape index (κ2) is 11.2. The van der Waals surface area contributed by atoms with Gasteiger partial charge in [-0.15, -0.1) is 0 Å². The molecule has 0 aromatic carbocycles. The van der Waals surface area contributed by atoms with Gasteiger partial charge in [-0.1, -0.05) is 62.1 Å². The lowest BCUT2D eigenvalue weighted by Gasteiger charge is -2.24. The van der Waals surface area contributed by atoms with Gasteiger partial charge in [0.2, 0.25) is 0 Å². The standard InChI is InChI=1S/C21H32N4/c1-5-7-11-16-19(24-3)18(6-2)20(22)21(25(4)23)17-14-12-9-8-10-13-15-17/h5,7,9-14,24H,1,6,8,15-16,22-23H2,2-4H3/b11-7-,12-9?,13-10-,17-14?,19-18-,21-20-. The molecule has 1 aliphatic rings. The number of nitrogens with zero attached hydrogens (tertiary/aromatic N) is 1. The van der Waals surface area contributed by atoms with Crippen molar-refractivity contribution in [3.05, 3.63) is 83.4 Å². The number of hydrazine groups is 1. The third-order valence-corrected chi connectivity index (χ3v) is 4.06. The molecule has 1 aliphatic carbocycles. The predicted molar refractivity (Wildman–Crippen MR) is 109 cm³/mol. The van der Waals surface area contributed by atoms with E-state index in [0.29, 0.717) is 0 Å². The third-order valence-electron chi connectivity index (χ3n) is 4.06. The average Bonchev–Trinajstić information content (AvgIpc) is 2.55. The van der Waals surface area contributed by atoms with Crippen molar-refractivity contribution < 1.29 is 0 Å². The molecule has 0 heterocycles. The lowest BCUT2D eigenvalue weighted by Crippen LogP contribution is -2.30. The zero-order valence-electron chi connectivity index (χ0n) is 15.8. The van der Waals surface area contributed by atoms with Gasteiger partial charge in [-0.05, 0) is 30.4 Å². The van der Waals surface area contributed by atoms with Crippen molar-refractivity contribution in [2.45, 2.75) is 32.6 Å². The zero-order chi connectivity index (χ0) is 18.7. The van der Waals surface area contributed by atoms with Crippen molar-refractivity contribution >= 4 is 0 Å². The maximum Gasteiger partial charge on any atom is 0.0782 e. The smallest absolute Gasteiger partial charge is 0.0782 e. The molecule has 0 fully saturated rings. The molecule has 4 nitrogen and oxygen atoms in total. The van der Waals surface area contributed by atoms with Gasteiger partial charge in [0.15, 0.2) is 0 Å². The molecule has 0 atom stereocenters. The first-order chi connectivity index (χ1) is 12.1. The van der Waals surface area contributed by atoms with Crippen molar-refractivity contribution in [2.75, 3.05) is 14.1 Å². The molecule has 4 heteroatoms. The fourth-order valence-electron chi connectivity index (χ4n) is 2.85. The van der Waals surface area contributed by atoms with Gasteiger partial charge >= 0.3 is 0 Å². The Labute approximate surface area is 152 Å². The summed E-state index contributed by atoms with van der Waals surface area (Å²) in [5.41, 5.74) is 11.5. The molecule has 0 saturated carbocycles. The summed E-state index contributed by atoms with van der Waals surface area (Å²) in [6.45, 7) is 5.82. The Morgan fingerprint density at radius 3 is 2.72 bits per heavy atom. The van der Waals surface area contributed by atoms with E-state index in [9.17, 15) is 0 Å². The molecular formula is C21H32N4. The first-order valence-electron chi connectivity index (χ1n) is 8.73. The first kappa shape index (κ1) is 20.6. The van der Waals surface area contributed by atoms with E-state index in [1.807, 2.05) is 20.2 Å². The van der Waals surface area contributed by atoms with Gasteiger partial charge in [0.1, 0.15) is 0 Å². The lowest BCUT2D eigenvalue weighted by molar-refractivity contribution is 0.441. The van der Waals surface area contributed by atoms with Crippen molar-refractivity contribution in [1.82, 2.24) is 10.3 Å². The van der Waals surface area contributed by atoms with Gasteiger partial charge in [0.05, 0.1) is 11.4 Å². The summed E-state index contributed by atoms with van der Waals surface area (Å²) in [6.07, 6.45) is 19.7. The second-order valence-corrected chi connectivity index (χ2v) is 5.83. The van der Waals surface area contributed by atoms with Crippen LogP contribution in [0.15, 0.2) is 83.4 Å². The van der Waals surface area contributed by atoms with Gasteiger partial charge in [-0.3, -0.25) is 0 Å². The Balaban J connectivity index is 3.43. The van der Waals surface area contributed by atoms with Crippen LogP contribution in [-0.4, -0.2) is 19.1 Å². The van der Waals surface area contributed by atoms with Crippen molar-refractivity contribution in [3.63, 3.8) is 0 Å².